The number of hydrogen-bond donors (Lipinski definition) is 0. The van der Waals surface area contributed by atoms with Crippen LogP contribution in [0.1, 0.15) is 41.5 Å². The molecule has 22 heavy (non-hydrogen) atoms. The largest absolute Gasteiger partial charge is 0.298 e. The van der Waals surface area contributed by atoms with Crippen LogP contribution in [0.2, 0.25) is 0 Å². The van der Waals surface area contributed by atoms with Gasteiger partial charge in [0.25, 0.3) is 0 Å². The van der Waals surface area contributed by atoms with E-state index in [1.807, 2.05) is 26.8 Å². The molecule has 0 saturated carbocycles. The number of aromatic nitrogens is 3. The molecule has 4 nitrogen and oxygen atoms in total. The number of nitrogens with zero attached hydrogens (tertiary/aromatic N) is 3. The van der Waals surface area contributed by atoms with E-state index in [4.69, 9.17) is 0 Å². The molecule has 0 aliphatic carbocycles. The fraction of sp³-hybridized carbons (Fsp3) is 0.235. The van der Waals surface area contributed by atoms with Crippen LogP contribution in [0.25, 0.3) is 16.8 Å². The fourth-order valence-electron chi connectivity index (χ4n) is 2.77. The molecule has 0 spiro atoms. The zero-order valence-corrected chi connectivity index (χ0v) is 12.7. The first kappa shape index (κ1) is 14.4. The van der Waals surface area contributed by atoms with Gasteiger partial charge in [-0.3, -0.25) is 4.79 Å². The molecule has 0 radical (unpaired) electrons. The van der Waals surface area contributed by atoms with Crippen LogP contribution in [0, 0.1) is 12.7 Å². The van der Waals surface area contributed by atoms with Gasteiger partial charge in [-0.15, -0.1) is 0 Å². The molecule has 2 heterocycles. The van der Waals surface area contributed by atoms with Crippen molar-refractivity contribution in [3.8, 4) is 11.1 Å². The molecule has 0 unspecified atom stereocenters. The van der Waals surface area contributed by atoms with Crippen molar-refractivity contribution in [3.63, 3.8) is 0 Å². The average molecular weight is 297 g/mol. The monoisotopic (exact) mass is 297 g/mol. The van der Waals surface area contributed by atoms with Gasteiger partial charge in [0.15, 0.2) is 11.9 Å². The number of aldehydes is 1. The van der Waals surface area contributed by atoms with Crippen LogP contribution in [0.4, 0.5) is 4.39 Å². The molecule has 112 valence electrons. The highest BCUT2D eigenvalue weighted by atomic mass is 19.1. The zero-order valence-electron chi connectivity index (χ0n) is 12.7. The normalized spacial score (nSPS) is 11.3. The van der Waals surface area contributed by atoms with E-state index in [1.54, 1.807) is 16.8 Å². The summed E-state index contributed by atoms with van der Waals surface area (Å²) < 4.78 is 15.2. The number of benzene rings is 1. The summed E-state index contributed by atoms with van der Waals surface area (Å²) in [6, 6.07) is 6.37. The third-order valence-electron chi connectivity index (χ3n) is 3.67. The summed E-state index contributed by atoms with van der Waals surface area (Å²) in [4.78, 5) is 15.6. The Hall–Kier alpha value is -2.56. The molecule has 5 heteroatoms. The van der Waals surface area contributed by atoms with Crippen molar-refractivity contribution >= 4 is 11.9 Å². The topological polar surface area (TPSA) is 47.3 Å². The molecule has 3 rings (SSSR count). The van der Waals surface area contributed by atoms with Crippen LogP contribution >= 0.6 is 0 Å². The number of halogens is 1. The molecule has 0 N–H and O–H groups in total. The van der Waals surface area contributed by atoms with Crippen LogP contribution in [0.5, 0.6) is 0 Å². The van der Waals surface area contributed by atoms with Crippen LogP contribution < -0.4 is 0 Å². The highest BCUT2D eigenvalue weighted by Crippen LogP contribution is 2.30. The first-order chi connectivity index (χ1) is 10.5. The minimum Gasteiger partial charge on any atom is -0.298 e. The molecule has 2 aromatic heterocycles. The lowest BCUT2D eigenvalue weighted by Gasteiger charge is -2.10. The molecule has 0 aliphatic heterocycles. The number of hydrogen-bond acceptors (Lipinski definition) is 3. The summed E-state index contributed by atoms with van der Waals surface area (Å²) in [5, 5.41) is 4.52. The Bertz CT molecular complexity index is 868. The third kappa shape index (κ3) is 2.19. The Kier molecular flexibility index (Phi) is 3.48. The zero-order chi connectivity index (χ0) is 15.9. The van der Waals surface area contributed by atoms with Gasteiger partial charge >= 0.3 is 0 Å². The Balaban J connectivity index is 2.36. The first-order valence-corrected chi connectivity index (χ1v) is 7.12. The maximum absolute atomic E-state index is 13.5. The lowest BCUT2D eigenvalue weighted by atomic mass is 10.0. The Morgan fingerprint density at radius 3 is 2.73 bits per heavy atom. The lowest BCUT2D eigenvalue weighted by molar-refractivity contribution is 0.112. The van der Waals surface area contributed by atoms with Crippen molar-refractivity contribution in [2.75, 3.05) is 0 Å². The Labute approximate surface area is 127 Å². The second-order valence-corrected chi connectivity index (χ2v) is 5.58. The van der Waals surface area contributed by atoms with E-state index < -0.39 is 0 Å². The van der Waals surface area contributed by atoms with Crippen molar-refractivity contribution < 1.29 is 9.18 Å². The van der Waals surface area contributed by atoms with Crippen molar-refractivity contribution in [1.82, 2.24) is 14.6 Å². The fourth-order valence-corrected chi connectivity index (χ4v) is 2.77. The summed E-state index contributed by atoms with van der Waals surface area (Å²) in [5.41, 5.74) is 4.24. The van der Waals surface area contributed by atoms with Gasteiger partial charge in [0.2, 0.25) is 0 Å². The van der Waals surface area contributed by atoms with E-state index in [9.17, 15) is 9.18 Å². The van der Waals surface area contributed by atoms with Crippen molar-refractivity contribution in [3.05, 3.63) is 53.2 Å². The molecule has 1 aromatic carbocycles. The van der Waals surface area contributed by atoms with E-state index in [2.05, 4.69) is 10.1 Å². The summed E-state index contributed by atoms with van der Waals surface area (Å²) in [7, 11) is 0. The number of rotatable bonds is 3. The minimum absolute atomic E-state index is 0.116. The maximum Gasteiger partial charge on any atom is 0.163 e. The van der Waals surface area contributed by atoms with Crippen LogP contribution in [-0.4, -0.2) is 20.9 Å². The predicted octanol–water partition coefficient (Wildman–Crippen LogP) is 3.78. The van der Waals surface area contributed by atoms with E-state index in [0.29, 0.717) is 11.2 Å². The van der Waals surface area contributed by atoms with Crippen molar-refractivity contribution in [1.29, 1.82) is 0 Å². The van der Waals surface area contributed by atoms with Crippen LogP contribution in [-0.2, 0) is 0 Å². The number of carbonyl (C=O) groups excluding carboxylic acids is 1. The van der Waals surface area contributed by atoms with Crippen LogP contribution in [0.15, 0.2) is 30.5 Å². The Morgan fingerprint density at radius 1 is 1.32 bits per heavy atom. The molecule has 0 fully saturated rings. The molecule has 0 bridgehead atoms. The van der Waals surface area contributed by atoms with E-state index in [1.165, 1.54) is 12.1 Å². The van der Waals surface area contributed by atoms with Gasteiger partial charge in [-0.1, -0.05) is 26.0 Å². The molecule has 0 atom stereocenters. The van der Waals surface area contributed by atoms with Gasteiger partial charge in [0, 0.05) is 11.8 Å². The minimum atomic E-state index is -0.301. The Morgan fingerprint density at radius 2 is 2.09 bits per heavy atom. The molecular formula is C17H16FN3O. The second-order valence-electron chi connectivity index (χ2n) is 5.58. The molecule has 0 saturated heterocycles. The molecule has 0 aliphatic rings. The molecule has 3 aromatic rings. The first-order valence-electron chi connectivity index (χ1n) is 7.12. The number of carbonyl (C=O) groups is 1. The predicted molar refractivity (Wildman–Crippen MR) is 82.6 cm³/mol. The average Bonchev–Trinajstić information content (AvgIpc) is 2.81. The maximum atomic E-state index is 13.5. The standard InChI is InChI=1S/C17H16FN3O/c1-10(2)16-13(9-22)8-19-17-15(11(3)20-21(16)17)12-5-4-6-14(18)7-12/h4-10H,1-3H3. The van der Waals surface area contributed by atoms with Crippen molar-refractivity contribution in [2.24, 2.45) is 0 Å². The summed E-state index contributed by atoms with van der Waals surface area (Å²) in [6.07, 6.45) is 2.35. The summed E-state index contributed by atoms with van der Waals surface area (Å²) in [5.74, 6) is -0.185. The quantitative estimate of drug-likeness (QED) is 0.691. The number of aryl methyl sites for hydroxylation is 1. The highest BCUT2D eigenvalue weighted by molar-refractivity contribution is 5.82. The summed E-state index contributed by atoms with van der Waals surface area (Å²) >= 11 is 0. The van der Waals surface area contributed by atoms with Gasteiger partial charge in [-0.05, 0) is 30.5 Å². The second kappa shape index (κ2) is 5.33. The lowest BCUT2D eigenvalue weighted by Crippen LogP contribution is -2.07. The summed E-state index contributed by atoms with van der Waals surface area (Å²) in [6.45, 7) is 5.86. The van der Waals surface area contributed by atoms with E-state index >= 15 is 0 Å². The van der Waals surface area contributed by atoms with Gasteiger partial charge in [0.1, 0.15) is 5.82 Å². The smallest absolute Gasteiger partial charge is 0.163 e. The van der Waals surface area contributed by atoms with Gasteiger partial charge < -0.3 is 0 Å². The van der Waals surface area contributed by atoms with Gasteiger partial charge in [0.05, 0.1) is 17.0 Å². The molecular weight excluding hydrogens is 281 g/mol. The molecule has 0 amide bonds. The SMILES string of the molecule is Cc1nn2c(C(C)C)c(C=O)cnc2c1-c1cccc(F)c1. The van der Waals surface area contributed by atoms with E-state index in [0.717, 1.165) is 28.8 Å². The number of fused-ring (bicyclic) bond motifs is 1. The van der Waals surface area contributed by atoms with E-state index in [-0.39, 0.29) is 11.7 Å². The van der Waals surface area contributed by atoms with Crippen molar-refractivity contribution in [2.45, 2.75) is 26.7 Å². The highest BCUT2D eigenvalue weighted by Gasteiger charge is 2.19. The van der Waals surface area contributed by atoms with Gasteiger partial charge in [-0.25, -0.2) is 13.9 Å². The van der Waals surface area contributed by atoms with Crippen LogP contribution in [0.3, 0.4) is 0 Å². The van der Waals surface area contributed by atoms with Gasteiger partial charge in [-0.2, -0.15) is 5.10 Å². The third-order valence-corrected chi connectivity index (χ3v) is 3.67.